The Hall–Kier alpha value is -3.52. The van der Waals surface area contributed by atoms with E-state index in [9.17, 15) is 0 Å². The summed E-state index contributed by atoms with van der Waals surface area (Å²) in [4.78, 5) is 0. The fraction of sp³-hybridized carbons (Fsp3) is 0.0400. The van der Waals surface area contributed by atoms with Gasteiger partial charge < -0.3 is 8.98 Å². The predicted octanol–water partition coefficient (Wildman–Crippen LogP) is 6.90. The molecule has 0 saturated heterocycles. The van der Waals surface area contributed by atoms with E-state index in [2.05, 4.69) is 90.5 Å². The SMILES string of the molecule is Cn1c2ccccc2c2cc3c(cc21)oc1c(-c2ccccc2)cccc13. The predicted molar refractivity (Wildman–Crippen MR) is 113 cm³/mol. The van der Waals surface area contributed by atoms with Crippen molar-refractivity contribution >= 4 is 43.7 Å². The summed E-state index contributed by atoms with van der Waals surface area (Å²) in [6.07, 6.45) is 0. The summed E-state index contributed by atoms with van der Waals surface area (Å²) < 4.78 is 8.63. The fourth-order valence-electron chi connectivity index (χ4n) is 4.29. The average molecular weight is 347 g/mol. The van der Waals surface area contributed by atoms with E-state index in [1.165, 1.54) is 38.1 Å². The third-order valence-corrected chi connectivity index (χ3v) is 5.62. The van der Waals surface area contributed by atoms with Crippen LogP contribution in [-0.2, 0) is 7.05 Å². The van der Waals surface area contributed by atoms with Gasteiger partial charge in [0.15, 0.2) is 0 Å². The van der Waals surface area contributed by atoms with E-state index in [-0.39, 0.29) is 0 Å². The molecular weight excluding hydrogens is 330 g/mol. The number of furan rings is 1. The zero-order valence-electron chi connectivity index (χ0n) is 14.9. The molecule has 0 aliphatic rings. The van der Waals surface area contributed by atoms with Crippen molar-refractivity contribution in [2.45, 2.75) is 0 Å². The highest BCUT2D eigenvalue weighted by atomic mass is 16.3. The molecule has 0 radical (unpaired) electrons. The molecule has 0 N–H and O–H groups in total. The molecule has 27 heavy (non-hydrogen) atoms. The normalized spacial score (nSPS) is 11.9. The molecule has 6 aromatic rings. The minimum atomic E-state index is 0.937. The highest BCUT2D eigenvalue weighted by molar-refractivity contribution is 6.18. The maximum atomic E-state index is 6.38. The van der Waals surface area contributed by atoms with E-state index in [1.54, 1.807) is 0 Å². The van der Waals surface area contributed by atoms with Crippen molar-refractivity contribution in [3.8, 4) is 11.1 Å². The molecule has 0 aliphatic carbocycles. The second-order valence-corrected chi connectivity index (χ2v) is 7.09. The molecular formula is C25H17NO. The first-order valence-electron chi connectivity index (χ1n) is 9.19. The van der Waals surface area contributed by atoms with Gasteiger partial charge in [-0.3, -0.25) is 0 Å². The minimum absolute atomic E-state index is 0.937. The average Bonchev–Trinajstić information content (AvgIpc) is 3.23. The van der Waals surface area contributed by atoms with Gasteiger partial charge in [0.25, 0.3) is 0 Å². The van der Waals surface area contributed by atoms with Crippen LogP contribution < -0.4 is 0 Å². The van der Waals surface area contributed by atoms with E-state index < -0.39 is 0 Å². The molecule has 0 atom stereocenters. The Morgan fingerprint density at radius 1 is 0.630 bits per heavy atom. The number of aromatic nitrogens is 1. The van der Waals surface area contributed by atoms with Gasteiger partial charge in [-0.15, -0.1) is 0 Å². The van der Waals surface area contributed by atoms with Crippen molar-refractivity contribution in [1.29, 1.82) is 0 Å². The van der Waals surface area contributed by atoms with Gasteiger partial charge in [0.05, 0.1) is 5.52 Å². The summed E-state index contributed by atoms with van der Waals surface area (Å²) in [5, 5.41) is 4.90. The quantitative estimate of drug-likeness (QED) is 0.316. The van der Waals surface area contributed by atoms with E-state index in [0.29, 0.717) is 0 Å². The van der Waals surface area contributed by atoms with Crippen molar-refractivity contribution in [3.63, 3.8) is 0 Å². The van der Waals surface area contributed by atoms with Crippen molar-refractivity contribution in [2.75, 3.05) is 0 Å². The second kappa shape index (κ2) is 5.24. The smallest absolute Gasteiger partial charge is 0.143 e. The first kappa shape index (κ1) is 14.6. The maximum Gasteiger partial charge on any atom is 0.143 e. The molecule has 2 heterocycles. The van der Waals surface area contributed by atoms with E-state index in [1.807, 2.05) is 6.07 Å². The van der Waals surface area contributed by atoms with E-state index in [0.717, 1.165) is 16.7 Å². The molecule has 0 bridgehead atoms. The van der Waals surface area contributed by atoms with Gasteiger partial charge >= 0.3 is 0 Å². The number of para-hydroxylation sites is 2. The van der Waals surface area contributed by atoms with Crippen LogP contribution in [0.3, 0.4) is 0 Å². The molecule has 0 fully saturated rings. The van der Waals surface area contributed by atoms with Gasteiger partial charge in [-0.05, 0) is 17.7 Å². The molecule has 0 aliphatic heterocycles. The molecule has 0 amide bonds. The lowest BCUT2D eigenvalue weighted by molar-refractivity contribution is 0.670. The Morgan fingerprint density at radius 3 is 2.30 bits per heavy atom. The molecule has 6 rings (SSSR count). The number of fused-ring (bicyclic) bond motifs is 6. The van der Waals surface area contributed by atoms with Gasteiger partial charge in [-0.2, -0.15) is 0 Å². The summed E-state index contributed by atoms with van der Waals surface area (Å²) >= 11 is 0. The molecule has 0 unspecified atom stereocenters. The first-order valence-corrected chi connectivity index (χ1v) is 9.19. The lowest BCUT2D eigenvalue weighted by Crippen LogP contribution is -1.85. The fourth-order valence-corrected chi connectivity index (χ4v) is 4.29. The van der Waals surface area contributed by atoms with E-state index >= 15 is 0 Å². The summed E-state index contributed by atoms with van der Waals surface area (Å²) in [6, 6.07) is 29.9. The van der Waals surface area contributed by atoms with Crippen molar-refractivity contribution in [1.82, 2.24) is 4.57 Å². The van der Waals surface area contributed by atoms with Crippen LogP contribution in [0.15, 0.2) is 89.3 Å². The van der Waals surface area contributed by atoms with Crippen molar-refractivity contribution < 1.29 is 4.42 Å². The Kier molecular flexibility index (Phi) is 2.84. The monoisotopic (exact) mass is 347 g/mol. The van der Waals surface area contributed by atoms with Gasteiger partial charge in [-0.1, -0.05) is 66.7 Å². The van der Waals surface area contributed by atoms with Crippen LogP contribution in [0, 0.1) is 0 Å². The molecule has 2 nitrogen and oxygen atoms in total. The number of rotatable bonds is 1. The van der Waals surface area contributed by atoms with Crippen LogP contribution in [0.2, 0.25) is 0 Å². The Morgan fingerprint density at radius 2 is 1.41 bits per heavy atom. The lowest BCUT2D eigenvalue weighted by atomic mass is 10.0. The maximum absolute atomic E-state index is 6.38. The minimum Gasteiger partial charge on any atom is -0.455 e. The molecule has 0 spiro atoms. The topological polar surface area (TPSA) is 18.1 Å². The third kappa shape index (κ3) is 1.95. The molecule has 2 aromatic heterocycles. The number of benzene rings is 4. The Labute approximate surface area is 156 Å². The number of nitrogens with zero attached hydrogens (tertiary/aromatic N) is 1. The van der Waals surface area contributed by atoms with Crippen LogP contribution in [0.4, 0.5) is 0 Å². The largest absolute Gasteiger partial charge is 0.455 e. The van der Waals surface area contributed by atoms with Crippen LogP contribution in [-0.4, -0.2) is 4.57 Å². The Balaban J connectivity index is 1.76. The van der Waals surface area contributed by atoms with Crippen LogP contribution in [0.25, 0.3) is 54.9 Å². The highest BCUT2D eigenvalue weighted by Crippen LogP contribution is 2.39. The van der Waals surface area contributed by atoms with E-state index in [4.69, 9.17) is 4.42 Å². The molecule has 128 valence electrons. The summed E-state index contributed by atoms with van der Waals surface area (Å²) in [6.45, 7) is 0. The van der Waals surface area contributed by atoms with Gasteiger partial charge in [0, 0.05) is 45.7 Å². The summed E-state index contributed by atoms with van der Waals surface area (Å²) in [5.41, 5.74) is 6.65. The van der Waals surface area contributed by atoms with Crippen molar-refractivity contribution in [2.24, 2.45) is 7.05 Å². The van der Waals surface area contributed by atoms with Crippen LogP contribution in [0.1, 0.15) is 0 Å². The zero-order valence-corrected chi connectivity index (χ0v) is 14.9. The number of aryl methyl sites for hydroxylation is 1. The number of hydrogen-bond acceptors (Lipinski definition) is 1. The second-order valence-electron chi connectivity index (χ2n) is 7.09. The zero-order chi connectivity index (χ0) is 18.0. The third-order valence-electron chi connectivity index (χ3n) is 5.62. The van der Waals surface area contributed by atoms with Gasteiger partial charge in [0.2, 0.25) is 0 Å². The van der Waals surface area contributed by atoms with Gasteiger partial charge in [-0.25, -0.2) is 0 Å². The first-order chi connectivity index (χ1) is 13.3. The molecule has 0 saturated carbocycles. The summed E-state index contributed by atoms with van der Waals surface area (Å²) in [7, 11) is 2.12. The highest BCUT2D eigenvalue weighted by Gasteiger charge is 2.15. The molecule has 4 aromatic carbocycles. The van der Waals surface area contributed by atoms with Crippen LogP contribution >= 0.6 is 0 Å². The lowest BCUT2D eigenvalue weighted by Gasteiger charge is -2.01. The Bertz CT molecular complexity index is 1470. The molecule has 2 heteroatoms. The standard InChI is InChI=1S/C25H17NO/c1-26-22-13-6-5-10-18(22)20-14-21-19-12-7-11-17(16-8-3-2-4-9-16)25(19)27-24(21)15-23(20)26/h2-15H,1H3. The number of hydrogen-bond donors (Lipinski definition) is 0. The van der Waals surface area contributed by atoms with Crippen LogP contribution in [0.5, 0.6) is 0 Å². The van der Waals surface area contributed by atoms with Gasteiger partial charge in [0.1, 0.15) is 11.2 Å². The van der Waals surface area contributed by atoms with Crippen molar-refractivity contribution in [3.05, 3.63) is 84.9 Å². The summed E-state index contributed by atoms with van der Waals surface area (Å²) in [5.74, 6) is 0.